The molecule has 0 fully saturated rings. The third-order valence-electron chi connectivity index (χ3n) is 4.74. The summed E-state index contributed by atoms with van der Waals surface area (Å²) in [7, 11) is 0. The number of hydrogen-bond donors (Lipinski definition) is 0. The molecule has 0 unspecified atom stereocenters. The molecule has 5 nitrogen and oxygen atoms in total. The number of nitrogens with zero attached hydrogens (tertiary/aromatic N) is 4. The summed E-state index contributed by atoms with van der Waals surface area (Å²) in [5.74, 6) is -1.17. The van der Waals surface area contributed by atoms with Crippen LogP contribution in [-0.2, 0) is 13.1 Å². The number of aromatic nitrogens is 3. The van der Waals surface area contributed by atoms with Crippen molar-refractivity contribution in [2.45, 2.75) is 26.1 Å². The number of amides is 1. The Morgan fingerprint density at radius 1 is 1.14 bits per heavy atom. The highest BCUT2D eigenvalue weighted by Crippen LogP contribution is 2.30. The van der Waals surface area contributed by atoms with E-state index in [9.17, 15) is 13.6 Å². The van der Waals surface area contributed by atoms with Gasteiger partial charge in [-0.05, 0) is 37.3 Å². The highest BCUT2D eigenvalue weighted by atomic mass is 35.5. The molecule has 1 atom stereocenters. The number of halogens is 4. The molecule has 0 radical (unpaired) electrons. The number of carbonyl (C=O) groups excluding carboxylic acids is 1. The van der Waals surface area contributed by atoms with Gasteiger partial charge in [-0.15, -0.1) is 10.2 Å². The molecule has 1 aliphatic rings. The minimum Gasteiger partial charge on any atom is -0.327 e. The lowest BCUT2D eigenvalue weighted by Gasteiger charge is -2.34. The quantitative estimate of drug-likeness (QED) is 0.607. The summed E-state index contributed by atoms with van der Waals surface area (Å²) in [6.07, 6.45) is 0. The normalized spacial score (nSPS) is 16.2. The van der Waals surface area contributed by atoms with Crippen molar-refractivity contribution in [1.29, 1.82) is 0 Å². The van der Waals surface area contributed by atoms with Crippen LogP contribution >= 0.6 is 23.2 Å². The number of benzene rings is 2. The first kappa shape index (κ1) is 18.8. The zero-order valence-corrected chi connectivity index (χ0v) is 16.2. The van der Waals surface area contributed by atoms with Crippen molar-refractivity contribution in [1.82, 2.24) is 19.7 Å². The van der Waals surface area contributed by atoms with Crippen LogP contribution in [-0.4, -0.2) is 31.6 Å². The van der Waals surface area contributed by atoms with Crippen molar-refractivity contribution in [3.63, 3.8) is 0 Å². The minimum atomic E-state index is -0.953. The minimum absolute atomic E-state index is 0.199. The van der Waals surface area contributed by atoms with Gasteiger partial charge in [0, 0.05) is 18.2 Å². The van der Waals surface area contributed by atoms with E-state index in [0.717, 1.165) is 12.1 Å². The summed E-state index contributed by atoms with van der Waals surface area (Å²) >= 11 is 12.2. The highest BCUT2D eigenvalue weighted by Gasteiger charge is 2.32. The molecule has 1 aromatic heterocycles. The first-order valence-corrected chi connectivity index (χ1v) is 9.25. The van der Waals surface area contributed by atoms with Gasteiger partial charge in [-0.2, -0.15) is 0 Å². The topological polar surface area (TPSA) is 51.0 Å². The average Bonchev–Trinajstić information content (AvgIpc) is 3.07. The van der Waals surface area contributed by atoms with Crippen LogP contribution in [0.2, 0.25) is 10.0 Å². The Balaban J connectivity index is 1.66. The molecule has 0 aliphatic carbocycles. The van der Waals surface area contributed by atoms with Crippen LogP contribution in [0.1, 0.15) is 23.1 Å². The zero-order chi connectivity index (χ0) is 20.0. The summed E-state index contributed by atoms with van der Waals surface area (Å²) in [5, 5.41) is 8.75. The van der Waals surface area contributed by atoms with Crippen LogP contribution in [0, 0.1) is 11.6 Å². The van der Waals surface area contributed by atoms with E-state index in [0.29, 0.717) is 34.3 Å². The van der Waals surface area contributed by atoms with E-state index in [1.54, 1.807) is 27.7 Å². The molecule has 2 heterocycles. The maximum Gasteiger partial charge on any atom is 0.256 e. The monoisotopic (exact) mass is 422 g/mol. The van der Waals surface area contributed by atoms with E-state index >= 15 is 0 Å². The molecule has 2 aromatic carbocycles. The second kappa shape index (κ2) is 7.14. The molecule has 4 rings (SSSR count). The van der Waals surface area contributed by atoms with Crippen molar-refractivity contribution in [3.05, 3.63) is 69.5 Å². The maximum absolute atomic E-state index is 13.6. The molecule has 0 saturated carbocycles. The average molecular weight is 423 g/mol. The number of hydrogen-bond acceptors (Lipinski definition) is 3. The molecule has 144 valence electrons. The van der Waals surface area contributed by atoms with E-state index < -0.39 is 11.6 Å². The molecule has 1 aliphatic heterocycles. The van der Waals surface area contributed by atoms with Gasteiger partial charge in [0.05, 0.1) is 22.2 Å². The summed E-state index contributed by atoms with van der Waals surface area (Å²) in [4.78, 5) is 14.6. The second-order valence-electron chi connectivity index (χ2n) is 6.56. The molecule has 1 amide bonds. The lowest BCUT2D eigenvalue weighted by molar-refractivity contribution is 0.0612. The molecular formula is C19H14Cl2F2N4O. The summed E-state index contributed by atoms with van der Waals surface area (Å²) in [5.41, 5.74) is 0.734. The largest absolute Gasteiger partial charge is 0.327 e. The number of rotatable bonds is 2. The smallest absolute Gasteiger partial charge is 0.256 e. The highest BCUT2D eigenvalue weighted by molar-refractivity contribution is 6.43. The molecule has 0 spiro atoms. The number of fused-ring (bicyclic) bond motifs is 1. The molecule has 9 heteroatoms. The Kier molecular flexibility index (Phi) is 4.81. The Morgan fingerprint density at radius 3 is 2.68 bits per heavy atom. The summed E-state index contributed by atoms with van der Waals surface area (Å²) < 4.78 is 28.6. The van der Waals surface area contributed by atoms with Gasteiger partial charge in [-0.25, -0.2) is 8.78 Å². The third kappa shape index (κ3) is 3.14. The molecular weight excluding hydrogens is 409 g/mol. The molecule has 0 N–H and O–H groups in total. The van der Waals surface area contributed by atoms with Crippen molar-refractivity contribution < 1.29 is 13.6 Å². The lowest BCUT2D eigenvalue weighted by atomic mass is 10.1. The van der Waals surface area contributed by atoms with Gasteiger partial charge in [0.2, 0.25) is 0 Å². The zero-order valence-electron chi connectivity index (χ0n) is 14.7. The first-order chi connectivity index (χ1) is 13.4. The van der Waals surface area contributed by atoms with E-state index in [2.05, 4.69) is 10.2 Å². The molecule has 0 saturated heterocycles. The van der Waals surface area contributed by atoms with E-state index in [1.165, 1.54) is 6.07 Å². The predicted molar refractivity (Wildman–Crippen MR) is 101 cm³/mol. The van der Waals surface area contributed by atoms with Crippen molar-refractivity contribution >= 4 is 29.1 Å². The van der Waals surface area contributed by atoms with Gasteiger partial charge < -0.3 is 9.47 Å². The maximum atomic E-state index is 13.6. The molecule has 28 heavy (non-hydrogen) atoms. The fourth-order valence-corrected chi connectivity index (χ4v) is 3.64. The van der Waals surface area contributed by atoms with Crippen LogP contribution in [0.15, 0.2) is 36.4 Å². The van der Waals surface area contributed by atoms with Crippen LogP contribution in [0.3, 0.4) is 0 Å². The van der Waals surface area contributed by atoms with Gasteiger partial charge in [0.15, 0.2) is 23.3 Å². The third-order valence-corrected chi connectivity index (χ3v) is 5.56. The Labute approximate surface area is 169 Å². The summed E-state index contributed by atoms with van der Waals surface area (Å²) in [6.45, 7) is 2.49. The van der Waals surface area contributed by atoms with Crippen molar-refractivity contribution in [3.8, 4) is 11.4 Å². The predicted octanol–water partition coefficient (Wildman–Crippen LogP) is 4.57. The van der Waals surface area contributed by atoms with Gasteiger partial charge in [-0.1, -0.05) is 29.3 Å². The summed E-state index contributed by atoms with van der Waals surface area (Å²) in [6, 6.07) is 8.29. The van der Waals surface area contributed by atoms with E-state index in [4.69, 9.17) is 23.2 Å². The fraction of sp³-hybridized carbons (Fsp3) is 0.211. The first-order valence-electron chi connectivity index (χ1n) is 8.49. The van der Waals surface area contributed by atoms with E-state index in [-0.39, 0.29) is 23.5 Å². The Bertz CT molecular complexity index is 1090. The Hall–Kier alpha value is -2.51. The SMILES string of the molecule is C[C@H]1Cn2c(nnc2-c2ccc(F)c(F)c2)CN1C(=O)c1cccc(Cl)c1Cl. The van der Waals surface area contributed by atoms with Crippen molar-refractivity contribution in [2.24, 2.45) is 0 Å². The van der Waals surface area contributed by atoms with Gasteiger partial charge in [-0.3, -0.25) is 4.79 Å². The van der Waals surface area contributed by atoms with E-state index in [1.807, 2.05) is 6.92 Å². The van der Waals surface area contributed by atoms with Crippen molar-refractivity contribution in [2.75, 3.05) is 0 Å². The van der Waals surface area contributed by atoms with Gasteiger partial charge in [0.25, 0.3) is 5.91 Å². The number of carbonyl (C=O) groups is 1. The Morgan fingerprint density at radius 2 is 1.93 bits per heavy atom. The standard InChI is InChI=1S/C19H14Cl2F2N4O/c1-10-8-27-16(24-25-18(27)11-5-6-14(22)15(23)7-11)9-26(10)19(28)12-3-2-4-13(20)17(12)21/h2-7,10H,8-9H2,1H3/t10-/m0/s1. The molecule has 0 bridgehead atoms. The van der Waals surface area contributed by atoms with Crippen LogP contribution < -0.4 is 0 Å². The fourth-order valence-electron chi connectivity index (χ4n) is 3.26. The second-order valence-corrected chi connectivity index (χ2v) is 7.35. The van der Waals surface area contributed by atoms with Gasteiger partial charge >= 0.3 is 0 Å². The van der Waals surface area contributed by atoms with Gasteiger partial charge in [0.1, 0.15) is 0 Å². The lowest BCUT2D eigenvalue weighted by Crippen LogP contribution is -2.45. The van der Waals surface area contributed by atoms with Crippen LogP contribution in [0.4, 0.5) is 8.78 Å². The van der Waals surface area contributed by atoms with Crippen LogP contribution in [0.25, 0.3) is 11.4 Å². The molecule has 3 aromatic rings. The van der Waals surface area contributed by atoms with Crippen LogP contribution in [0.5, 0.6) is 0 Å².